The number of hydrogen-bond donors (Lipinski definition) is 0. The van der Waals surface area contributed by atoms with Crippen molar-refractivity contribution in [2.75, 3.05) is 0 Å². The molecule has 0 bridgehead atoms. The molecule has 3 heterocycles. The predicted octanol–water partition coefficient (Wildman–Crippen LogP) is 5.02. The van der Waals surface area contributed by atoms with E-state index in [1.807, 2.05) is 6.07 Å². The molecule has 33 heavy (non-hydrogen) atoms. The number of aromatic nitrogens is 5. The quantitative estimate of drug-likeness (QED) is 0.437. The van der Waals surface area contributed by atoms with E-state index < -0.39 is 0 Å². The third-order valence-corrected chi connectivity index (χ3v) is 6.01. The van der Waals surface area contributed by atoms with Crippen LogP contribution in [-0.4, -0.2) is 24.4 Å². The zero-order valence-electron chi connectivity index (χ0n) is 17.8. The molecule has 4 aromatic rings. The Labute approximate surface area is 190 Å². The summed E-state index contributed by atoms with van der Waals surface area (Å²) in [5, 5.41) is 26.6. The van der Waals surface area contributed by atoms with Crippen molar-refractivity contribution in [3.8, 4) is 34.4 Å². The lowest BCUT2D eigenvalue weighted by atomic mass is 9.88. The number of nitriles is 2. The first kappa shape index (κ1) is 20.6. The molecule has 1 aliphatic rings. The molecule has 162 valence electrons. The minimum Gasteiger partial charge on any atom is -0.271 e. The number of fused-ring (bicyclic) bond motifs is 1. The average Bonchev–Trinajstić information content (AvgIpc) is 3.50. The van der Waals surface area contributed by atoms with Crippen LogP contribution < -0.4 is 0 Å². The highest BCUT2D eigenvalue weighted by Crippen LogP contribution is 2.36. The SMILES string of the molecule is N#CCCn1cc(-c2ccc(-c3cnn4ccnc(C5=CCC(C#N)CC5)c34)cc2F)cn1. The standard InChI is InChI=1S/C25H20FN7/c26-23-12-19(6-7-21(23)20-14-30-32(16-20)10-1-8-27)22-15-31-33-11-9-29-24(25(22)33)18-4-2-17(13-28)3-5-18/h4,6-7,9,11-12,14-17H,1-3,5,10H2. The fraction of sp³-hybridized carbons (Fsp3) is 0.240. The van der Waals surface area contributed by atoms with E-state index in [-0.39, 0.29) is 11.7 Å². The lowest BCUT2D eigenvalue weighted by Crippen LogP contribution is -2.05. The maximum Gasteiger partial charge on any atom is 0.131 e. The van der Waals surface area contributed by atoms with Gasteiger partial charge in [0, 0.05) is 35.3 Å². The molecule has 1 atom stereocenters. The van der Waals surface area contributed by atoms with Crippen LogP contribution in [0.1, 0.15) is 31.4 Å². The molecule has 8 heteroatoms. The molecule has 1 unspecified atom stereocenters. The first-order valence-electron chi connectivity index (χ1n) is 10.8. The summed E-state index contributed by atoms with van der Waals surface area (Å²) < 4.78 is 18.6. The lowest BCUT2D eigenvalue weighted by Gasteiger charge is -2.17. The van der Waals surface area contributed by atoms with Gasteiger partial charge in [0.15, 0.2) is 0 Å². The van der Waals surface area contributed by atoms with Crippen molar-refractivity contribution in [1.82, 2.24) is 24.4 Å². The summed E-state index contributed by atoms with van der Waals surface area (Å²) in [6.45, 7) is 0.472. The van der Waals surface area contributed by atoms with Crippen molar-refractivity contribution in [2.24, 2.45) is 5.92 Å². The molecule has 7 nitrogen and oxygen atoms in total. The second-order valence-corrected chi connectivity index (χ2v) is 8.05. The molecule has 0 saturated heterocycles. The van der Waals surface area contributed by atoms with E-state index in [1.54, 1.807) is 46.2 Å². The average molecular weight is 437 g/mol. The summed E-state index contributed by atoms with van der Waals surface area (Å²) in [6.07, 6.45) is 13.3. The van der Waals surface area contributed by atoms with Crippen molar-refractivity contribution in [2.45, 2.75) is 32.2 Å². The number of allylic oxidation sites excluding steroid dienone is 2. The van der Waals surface area contributed by atoms with Gasteiger partial charge in [0.25, 0.3) is 0 Å². The van der Waals surface area contributed by atoms with Crippen molar-refractivity contribution in [3.63, 3.8) is 0 Å². The van der Waals surface area contributed by atoms with E-state index >= 15 is 4.39 Å². The van der Waals surface area contributed by atoms with E-state index in [0.29, 0.717) is 36.1 Å². The van der Waals surface area contributed by atoms with Gasteiger partial charge in [0.2, 0.25) is 0 Å². The van der Waals surface area contributed by atoms with Crippen LogP contribution >= 0.6 is 0 Å². The maximum absolute atomic E-state index is 15.2. The second-order valence-electron chi connectivity index (χ2n) is 8.05. The van der Waals surface area contributed by atoms with Crippen molar-refractivity contribution in [1.29, 1.82) is 10.5 Å². The monoisotopic (exact) mass is 437 g/mol. The van der Waals surface area contributed by atoms with Crippen molar-refractivity contribution >= 4 is 11.1 Å². The lowest BCUT2D eigenvalue weighted by molar-refractivity contribution is 0.603. The van der Waals surface area contributed by atoms with Gasteiger partial charge in [0.05, 0.1) is 54.6 Å². The molecule has 0 fully saturated rings. The van der Waals surface area contributed by atoms with Crippen LogP contribution in [0.5, 0.6) is 0 Å². The Morgan fingerprint density at radius 3 is 2.79 bits per heavy atom. The second kappa shape index (κ2) is 8.68. The largest absolute Gasteiger partial charge is 0.271 e. The van der Waals surface area contributed by atoms with Gasteiger partial charge in [-0.25, -0.2) is 8.91 Å². The van der Waals surface area contributed by atoms with Gasteiger partial charge in [0.1, 0.15) is 5.82 Å². The fourth-order valence-corrected chi connectivity index (χ4v) is 4.26. The molecule has 1 aromatic carbocycles. The summed E-state index contributed by atoms with van der Waals surface area (Å²) in [6, 6.07) is 9.55. The number of benzene rings is 1. The van der Waals surface area contributed by atoms with E-state index in [9.17, 15) is 5.26 Å². The van der Waals surface area contributed by atoms with Gasteiger partial charge >= 0.3 is 0 Å². The highest BCUT2D eigenvalue weighted by atomic mass is 19.1. The minimum atomic E-state index is -0.356. The summed E-state index contributed by atoms with van der Waals surface area (Å²) in [4.78, 5) is 4.61. The smallest absolute Gasteiger partial charge is 0.131 e. The number of hydrogen-bond acceptors (Lipinski definition) is 5. The van der Waals surface area contributed by atoms with E-state index in [1.165, 1.54) is 6.07 Å². The van der Waals surface area contributed by atoms with Crippen molar-refractivity contribution < 1.29 is 4.39 Å². The molecule has 0 N–H and O–H groups in total. The third-order valence-electron chi connectivity index (χ3n) is 6.01. The van der Waals surface area contributed by atoms with Gasteiger partial charge in [-0.2, -0.15) is 20.7 Å². The Kier molecular flexibility index (Phi) is 5.42. The van der Waals surface area contributed by atoms with Crippen LogP contribution in [-0.2, 0) is 6.54 Å². The third kappa shape index (κ3) is 3.88. The Morgan fingerprint density at radius 2 is 2.03 bits per heavy atom. The zero-order valence-corrected chi connectivity index (χ0v) is 17.8. The molecule has 0 aliphatic heterocycles. The molecular weight excluding hydrogens is 417 g/mol. The highest BCUT2D eigenvalue weighted by molar-refractivity contribution is 5.89. The van der Waals surface area contributed by atoms with E-state index in [2.05, 4.69) is 33.4 Å². The number of halogens is 1. The topological polar surface area (TPSA) is 95.6 Å². The molecule has 1 aliphatic carbocycles. The first-order valence-corrected chi connectivity index (χ1v) is 10.8. The molecule has 0 spiro atoms. The van der Waals surface area contributed by atoms with Crippen LogP contribution in [0.3, 0.4) is 0 Å². The summed E-state index contributed by atoms with van der Waals surface area (Å²) in [5.74, 6) is -0.311. The van der Waals surface area contributed by atoms with Gasteiger partial charge in [-0.15, -0.1) is 0 Å². The van der Waals surface area contributed by atoms with Crippen LogP contribution in [0, 0.1) is 34.4 Å². The minimum absolute atomic E-state index is 0.0451. The number of rotatable bonds is 5. The van der Waals surface area contributed by atoms with Gasteiger partial charge < -0.3 is 0 Å². The van der Waals surface area contributed by atoms with E-state index in [0.717, 1.165) is 35.2 Å². The molecule has 5 rings (SSSR count). The van der Waals surface area contributed by atoms with Crippen molar-refractivity contribution in [3.05, 3.63) is 66.8 Å². The number of nitrogens with zero attached hydrogens (tertiary/aromatic N) is 7. The summed E-state index contributed by atoms with van der Waals surface area (Å²) in [5.41, 5.74) is 5.38. The highest BCUT2D eigenvalue weighted by Gasteiger charge is 2.20. The Balaban J connectivity index is 1.52. The number of aryl methyl sites for hydroxylation is 1. The Hall–Kier alpha value is -4.30. The van der Waals surface area contributed by atoms with Crippen LogP contribution in [0.4, 0.5) is 4.39 Å². The van der Waals surface area contributed by atoms with Crippen LogP contribution in [0.25, 0.3) is 33.3 Å². The summed E-state index contributed by atoms with van der Waals surface area (Å²) in [7, 11) is 0. The van der Waals surface area contributed by atoms with Gasteiger partial charge in [-0.05, 0) is 36.5 Å². The molecule has 0 radical (unpaired) electrons. The zero-order chi connectivity index (χ0) is 22.8. The molecule has 0 saturated carbocycles. The Morgan fingerprint density at radius 1 is 1.12 bits per heavy atom. The Bertz CT molecular complexity index is 1450. The molecule has 0 amide bonds. The fourth-order valence-electron chi connectivity index (χ4n) is 4.26. The van der Waals surface area contributed by atoms with E-state index in [4.69, 9.17) is 5.26 Å². The predicted molar refractivity (Wildman–Crippen MR) is 121 cm³/mol. The maximum atomic E-state index is 15.2. The van der Waals surface area contributed by atoms with Crippen LogP contribution in [0.15, 0.2) is 55.3 Å². The summed E-state index contributed by atoms with van der Waals surface area (Å²) >= 11 is 0. The van der Waals surface area contributed by atoms with Gasteiger partial charge in [-0.3, -0.25) is 9.67 Å². The first-order chi connectivity index (χ1) is 16.2. The van der Waals surface area contributed by atoms with Crippen LogP contribution in [0.2, 0.25) is 0 Å². The molecular formula is C25H20FN7. The molecule has 3 aromatic heterocycles. The van der Waals surface area contributed by atoms with Gasteiger partial charge in [-0.1, -0.05) is 18.2 Å². The normalized spacial score (nSPS) is 15.7.